The van der Waals surface area contributed by atoms with Crippen LogP contribution >= 0.6 is 0 Å². The molecule has 1 atom stereocenters. The number of ether oxygens (including phenoxy) is 2. The van der Waals surface area contributed by atoms with Crippen LogP contribution in [-0.2, 0) is 16.1 Å². The number of amides is 3. The van der Waals surface area contributed by atoms with Gasteiger partial charge in [0.1, 0.15) is 12.6 Å². The summed E-state index contributed by atoms with van der Waals surface area (Å²) in [4.78, 5) is 38.9. The van der Waals surface area contributed by atoms with Crippen LogP contribution in [0.2, 0.25) is 0 Å². The quantitative estimate of drug-likeness (QED) is 0.770. The van der Waals surface area contributed by atoms with Gasteiger partial charge in [0.15, 0.2) is 11.5 Å². The van der Waals surface area contributed by atoms with E-state index in [0.29, 0.717) is 22.7 Å². The maximum Gasteiger partial charge on any atom is 0.254 e. The van der Waals surface area contributed by atoms with Crippen LogP contribution in [0, 0.1) is 0 Å². The summed E-state index contributed by atoms with van der Waals surface area (Å²) in [6, 6.07) is 11.4. The van der Waals surface area contributed by atoms with Gasteiger partial charge in [0.25, 0.3) is 5.91 Å². The molecule has 3 rings (SSSR count). The molecule has 0 fully saturated rings. The van der Waals surface area contributed by atoms with Gasteiger partial charge in [-0.1, -0.05) is 18.2 Å². The van der Waals surface area contributed by atoms with Gasteiger partial charge in [0, 0.05) is 6.54 Å². The molecule has 0 saturated heterocycles. The molecule has 8 nitrogen and oxygen atoms in total. The predicted octanol–water partition coefficient (Wildman–Crippen LogP) is 1.49. The van der Waals surface area contributed by atoms with Crippen molar-refractivity contribution in [3.05, 3.63) is 53.6 Å². The van der Waals surface area contributed by atoms with Crippen molar-refractivity contribution in [3.63, 3.8) is 0 Å². The van der Waals surface area contributed by atoms with Crippen molar-refractivity contribution in [1.29, 1.82) is 0 Å². The molecule has 1 aliphatic heterocycles. The van der Waals surface area contributed by atoms with Crippen molar-refractivity contribution in [3.8, 4) is 11.5 Å². The average Bonchev–Trinajstić information content (AvgIpc) is 2.82. The Bertz CT molecular complexity index is 944. The molecular weight excluding hydrogens is 374 g/mol. The third-order valence-electron chi connectivity index (χ3n) is 4.66. The molecule has 29 heavy (non-hydrogen) atoms. The summed E-state index contributed by atoms with van der Waals surface area (Å²) in [5.74, 6) is 0.138. The number of hydrogen-bond donors (Lipinski definition) is 2. The van der Waals surface area contributed by atoms with Crippen molar-refractivity contribution in [2.45, 2.75) is 19.5 Å². The third kappa shape index (κ3) is 4.31. The number of methoxy groups -OCH3 is 2. The first-order valence-electron chi connectivity index (χ1n) is 9.13. The lowest BCUT2D eigenvalue weighted by Crippen LogP contribution is -2.47. The Labute approximate surface area is 168 Å². The van der Waals surface area contributed by atoms with Gasteiger partial charge < -0.3 is 25.0 Å². The molecular formula is C21H23N3O5. The van der Waals surface area contributed by atoms with E-state index in [1.807, 2.05) is 6.07 Å². The first-order valence-corrected chi connectivity index (χ1v) is 9.13. The molecule has 2 N–H and O–H groups in total. The van der Waals surface area contributed by atoms with E-state index in [1.54, 1.807) is 57.5 Å². The number of fused-ring (bicyclic) bond motifs is 1. The highest BCUT2D eigenvalue weighted by Gasteiger charge is 2.32. The molecule has 1 heterocycles. The SMILES string of the molecule is COc1ccc(CNC(=O)CN2C(=O)[C@H](C)NC(=O)c3ccccc32)cc1OC. The van der Waals surface area contributed by atoms with Crippen LogP contribution in [0.15, 0.2) is 42.5 Å². The summed E-state index contributed by atoms with van der Waals surface area (Å²) in [5.41, 5.74) is 1.60. The molecule has 3 amide bonds. The summed E-state index contributed by atoms with van der Waals surface area (Å²) in [6.45, 7) is 1.67. The van der Waals surface area contributed by atoms with Crippen molar-refractivity contribution in [2.75, 3.05) is 25.7 Å². The zero-order chi connectivity index (χ0) is 21.0. The molecule has 0 aliphatic carbocycles. The fourth-order valence-electron chi connectivity index (χ4n) is 3.14. The second kappa shape index (κ2) is 8.64. The molecule has 2 aromatic rings. The largest absolute Gasteiger partial charge is 0.493 e. The first-order chi connectivity index (χ1) is 13.9. The fraction of sp³-hybridized carbons (Fsp3) is 0.286. The summed E-state index contributed by atoms with van der Waals surface area (Å²) < 4.78 is 10.5. The van der Waals surface area contributed by atoms with Gasteiger partial charge in [-0.15, -0.1) is 0 Å². The van der Waals surface area contributed by atoms with E-state index < -0.39 is 6.04 Å². The van der Waals surface area contributed by atoms with Crippen LogP contribution in [0.1, 0.15) is 22.8 Å². The number of carbonyl (C=O) groups excluding carboxylic acids is 3. The van der Waals surface area contributed by atoms with Crippen LogP contribution < -0.4 is 25.0 Å². The minimum atomic E-state index is -0.728. The summed E-state index contributed by atoms with van der Waals surface area (Å²) in [6.07, 6.45) is 0. The Balaban J connectivity index is 1.73. The lowest BCUT2D eigenvalue weighted by Gasteiger charge is -2.23. The Hall–Kier alpha value is -3.55. The maximum absolute atomic E-state index is 12.7. The number of carbonyl (C=O) groups is 3. The highest BCUT2D eigenvalue weighted by atomic mass is 16.5. The third-order valence-corrected chi connectivity index (χ3v) is 4.66. The van der Waals surface area contributed by atoms with Crippen LogP contribution in [0.5, 0.6) is 11.5 Å². The molecule has 0 saturated carbocycles. The van der Waals surface area contributed by atoms with E-state index in [-0.39, 0.29) is 30.8 Å². The molecule has 152 valence electrons. The number of benzene rings is 2. The molecule has 8 heteroatoms. The van der Waals surface area contributed by atoms with Gasteiger partial charge in [0.2, 0.25) is 11.8 Å². The summed E-state index contributed by atoms with van der Waals surface area (Å²) >= 11 is 0. The Morgan fingerprint density at radius 3 is 2.55 bits per heavy atom. The predicted molar refractivity (Wildman–Crippen MR) is 107 cm³/mol. The van der Waals surface area contributed by atoms with Crippen molar-refractivity contribution < 1.29 is 23.9 Å². The van der Waals surface area contributed by atoms with Gasteiger partial charge >= 0.3 is 0 Å². The normalized spacial score (nSPS) is 15.8. The molecule has 0 bridgehead atoms. The monoisotopic (exact) mass is 397 g/mol. The van der Waals surface area contributed by atoms with E-state index in [0.717, 1.165) is 5.56 Å². The van der Waals surface area contributed by atoms with Gasteiger partial charge in [0.05, 0.1) is 25.5 Å². The Kier molecular flexibility index (Phi) is 6.01. The number of nitrogens with zero attached hydrogens (tertiary/aromatic N) is 1. The summed E-state index contributed by atoms with van der Waals surface area (Å²) in [7, 11) is 3.09. The fourth-order valence-corrected chi connectivity index (χ4v) is 3.14. The minimum Gasteiger partial charge on any atom is -0.493 e. The van der Waals surface area contributed by atoms with E-state index >= 15 is 0 Å². The number of anilines is 1. The Morgan fingerprint density at radius 2 is 1.83 bits per heavy atom. The lowest BCUT2D eigenvalue weighted by molar-refractivity contribution is -0.124. The molecule has 0 radical (unpaired) electrons. The van der Waals surface area contributed by atoms with Gasteiger partial charge in [-0.2, -0.15) is 0 Å². The van der Waals surface area contributed by atoms with Crippen LogP contribution in [0.4, 0.5) is 5.69 Å². The standard InChI is InChI=1S/C21H23N3O5/c1-13-21(27)24(16-7-5-4-6-15(16)20(26)23-13)12-19(25)22-11-14-8-9-17(28-2)18(10-14)29-3/h4-10,13H,11-12H2,1-3H3,(H,22,25)(H,23,26)/t13-/m0/s1. The van der Waals surface area contributed by atoms with Crippen molar-refractivity contribution in [1.82, 2.24) is 10.6 Å². The zero-order valence-electron chi connectivity index (χ0n) is 16.5. The second-order valence-corrected chi connectivity index (χ2v) is 6.60. The molecule has 1 aliphatic rings. The van der Waals surface area contributed by atoms with Gasteiger partial charge in [-0.05, 0) is 36.8 Å². The van der Waals surface area contributed by atoms with E-state index in [1.165, 1.54) is 4.90 Å². The van der Waals surface area contributed by atoms with E-state index in [9.17, 15) is 14.4 Å². The Morgan fingerprint density at radius 1 is 1.10 bits per heavy atom. The molecule has 0 unspecified atom stereocenters. The van der Waals surface area contributed by atoms with Gasteiger partial charge in [-0.25, -0.2) is 0 Å². The van der Waals surface area contributed by atoms with Crippen LogP contribution in [-0.4, -0.2) is 44.5 Å². The minimum absolute atomic E-state index is 0.192. The van der Waals surface area contributed by atoms with E-state index in [4.69, 9.17) is 9.47 Å². The van der Waals surface area contributed by atoms with E-state index in [2.05, 4.69) is 10.6 Å². The highest BCUT2D eigenvalue weighted by Crippen LogP contribution is 2.27. The molecule has 2 aromatic carbocycles. The second-order valence-electron chi connectivity index (χ2n) is 6.60. The molecule has 0 spiro atoms. The molecule has 0 aromatic heterocycles. The van der Waals surface area contributed by atoms with Gasteiger partial charge in [-0.3, -0.25) is 14.4 Å². The number of hydrogen-bond acceptors (Lipinski definition) is 5. The first kappa shape index (κ1) is 20.2. The average molecular weight is 397 g/mol. The van der Waals surface area contributed by atoms with Crippen LogP contribution in [0.3, 0.4) is 0 Å². The van der Waals surface area contributed by atoms with Crippen molar-refractivity contribution >= 4 is 23.4 Å². The number of para-hydroxylation sites is 1. The summed E-state index contributed by atoms with van der Waals surface area (Å²) in [5, 5.41) is 5.44. The number of nitrogens with one attached hydrogen (secondary N) is 2. The smallest absolute Gasteiger partial charge is 0.254 e. The maximum atomic E-state index is 12.7. The lowest BCUT2D eigenvalue weighted by atomic mass is 10.1. The van der Waals surface area contributed by atoms with Crippen molar-refractivity contribution in [2.24, 2.45) is 0 Å². The van der Waals surface area contributed by atoms with Crippen LogP contribution in [0.25, 0.3) is 0 Å². The highest BCUT2D eigenvalue weighted by molar-refractivity contribution is 6.12. The number of rotatable bonds is 6. The zero-order valence-corrected chi connectivity index (χ0v) is 16.5. The topological polar surface area (TPSA) is 97.0 Å².